The van der Waals surface area contributed by atoms with Crippen molar-refractivity contribution in [2.75, 3.05) is 0 Å². The number of hydrogen-bond acceptors (Lipinski definition) is 3. The minimum absolute atomic E-state index is 0. The van der Waals surface area contributed by atoms with Crippen LogP contribution in [0.3, 0.4) is 0 Å². The molecule has 4 unspecified atom stereocenters. The van der Waals surface area contributed by atoms with Crippen molar-refractivity contribution >= 4 is 31.0 Å². The molecule has 6 heteroatoms. The minimum Gasteiger partial charge on any atom is -1.00 e. The van der Waals surface area contributed by atoms with Crippen LogP contribution in [-0.4, -0.2) is 24.5 Å². The largest absolute Gasteiger partial charge is 1.00 e. The molecule has 3 nitrogen and oxygen atoms in total. The summed E-state index contributed by atoms with van der Waals surface area (Å²) >= 11 is 5.16. The number of rotatable bonds is 35. The summed E-state index contributed by atoms with van der Waals surface area (Å²) < 4.78 is 0. The normalized spacial score (nSPS) is 12.0. The van der Waals surface area contributed by atoms with E-state index in [9.17, 15) is 14.7 Å². The number of carbonyl (C=O) groups excluding carboxylic acids is 2. The molecule has 4 atom stereocenters. The number of ketones is 1. The van der Waals surface area contributed by atoms with Crippen LogP contribution in [0.15, 0.2) is 170 Å². The van der Waals surface area contributed by atoms with Gasteiger partial charge >= 0.3 is 29.6 Å². The Kier molecular flexibility index (Phi) is 45.7. The molecule has 0 heterocycles. The van der Waals surface area contributed by atoms with E-state index in [2.05, 4.69) is 108 Å². The fourth-order valence-corrected chi connectivity index (χ4v) is 10.3. The van der Waals surface area contributed by atoms with Crippen LogP contribution >= 0.6 is 11.6 Å². The van der Waals surface area contributed by atoms with Crippen molar-refractivity contribution < 1.29 is 45.7 Å². The summed E-state index contributed by atoms with van der Waals surface area (Å²) in [6.45, 7) is 13.8. The predicted octanol–water partition coefficient (Wildman–Crippen LogP) is 20.1. The van der Waals surface area contributed by atoms with Gasteiger partial charge in [-0.3, -0.25) is 9.59 Å². The van der Waals surface area contributed by atoms with Gasteiger partial charge in [0.1, 0.15) is 6.10 Å². The standard InChI is InChI=1S/C25H36O.C25H34O.C18H30.C7H5ClO.B.Na.H/c2*1-3-4-5-6-7-8-9-11-14-21(2)22-17-19-24(20-18-22)25(26)23-15-12-10-13-16-23;1-3-4-5-6-7-8-9-11-14-17(2)18-15-12-10-13-16-18;8-7(9)6-4-2-1-3-5-6;;;/h10,12-13,15-21,25-26H,3-9,11,14H2,1-2H3;10,12-13,15-21H,3-9,11,14H2,1-2H3;10,12-13,15-17H,3-9,11,14H2,1-2H3;1-5H;;;/q;;;;;+1;-1. The van der Waals surface area contributed by atoms with Gasteiger partial charge in [-0.1, -0.05) is 366 Å². The molecular formula is C75H106BClNaO3. The van der Waals surface area contributed by atoms with E-state index >= 15 is 0 Å². The van der Waals surface area contributed by atoms with E-state index in [1.807, 2.05) is 78.9 Å². The van der Waals surface area contributed by atoms with Gasteiger partial charge in [0.15, 0.2) is 5.78 Å². The fourth-order valence-electron chi connectivity index (χ4n) is 10.2. The summed E-state index contributed by atoms with van der Waals surface area (Å²) in [7, 11) is 0. The van der Waals surface area contributed by atoms with Gasteiger partial charge in [-0.25, -0.2) is 0 Å². The van der Waals surface area contributed by atoms with Gasteiger partial charge in [-0.2, -0.15) is 0 Å². The first-order chi connectivity index (χ1) is 38.6. The molecule has 0 aliphatic heterocycles. The van der Waals surface area contributed by atoms with Crippen LogP contribution in [0.4, 0.5) is 0 Å². The van der Waals surface area contributed by atoms with E-state index in [0.717, 1.165) is 28.2 Å². The van der Waals surface area contributed by atoms with E-state index in [1.54, 1.807) is 24.3 Å². The summed E-state index contributed by atoms with van der Waals surface area (Å²) in [4.78, 5) is 22.9. The van der Waals surface area contributed by atoms with Crippen LogP contribution in [-0.2, 0) is 0 Å². The number of aliphatic hydroxyl groups excluding tert-OH is 1. The molecule has 1 N–H and O–H groups in total. The summed E-state index contributed by atoms with van der Waals surface area (Å²) in [5.74, 6) is 1.99. The second-order valence-corrected chi connectivity index (χ2v) is 22.7. The quantitative estimate of drug-likeness (QED) is 0.0187. The fraction of sp³-hybridized carbons (Fsp3) is 0.493. The zero-order valence-electron chi connectivity index (χ0n) is 52.8. The van der Waals surface area contributed by atoms with Crippen LogP contribution in [0.5, 0.6) is 0 Å². The molecule has 0 fully saturated rings. The van der Waals surface area contributed by atoms with Crippen molar-refractivity contribution in [3.05, 3.63) is 214 Å². The molecule has 0 aliphatic carbocycles. The third-order valence-electron chi connectivity index (χ3n) is 15.6. The molecule has 0 saturated carbocycles. The molecule has 6 aromatic carbocycles. The first kappa shape index (κ1) is 75.0. The molecule has 6 rings (SSSR count). The monoisotopic (exact) mass is 1120 g/mol. The molecule has 0 bridgehead atoms. The second-order valence-electron chi connectivity index (χ2n) is 22.3. The van der Waals surface area contributed by atoms with E-state index in [0.29, 0.717) is 17.4 Å². The SMILES string of the molecule is CCCCCCCCCCC(C)c1ccc(C(=O)c2ccccc2)cc1.CCCCCCCCCCC(C)c1ccc(C(O)c2ccccc2)cc1.CCCCCCCCCCC(C)c1ccccc1.O=C(Cl)c1ccccc1.[B].[H-].[Na+]. The van der Waals surface area contributed by atoms with Crippen LogP contribution in [0.1, 0.15) is 294 Å². The third kappa shape index (κ3) is 34.4. The number of benzene rings is 6. The first-order valence-electron chi connectivity index (χ1n) is 31.4. The molecule has 0 spiro atoms. The average molecular weight is 1120 g/mol. The summed E-state index contributed by atoms with van der Waals surface area (Å²) in [5, 5.41) is 10.1. The van der Waals surface area contributed by atoms with Gasteiger partial charge < -0.3 is 6.53 Å². The maximum absolute atomic E-state index is 12.5. The van der Waals surface area contributed by atoms with Gasteiger partial charge in [-0.05, 0) is 76.4 Å². The van der Waals surface area contributed by atoms with Crippen molar-refractivity contribution in [3.63, 3.8) is 0 Å². The molecule has 0 aromatic heterocycles. The van der Waals surface area contributed by atoms with Gasteiger partial charge in [0.05, 0.1) is 0 Å². The molecule has 81 heavy (non-hydrogen) atoms. The zero-order valence-corrected chi connectivity index (χ0v) is 54.5. The van der Waals surface area contributed by atoms with E-state index in [4.69, 9.17) is 11.6 Å². The van der Waals surface area contributed by atoms with Gasteiger partial charge in [0, 0.05) is 25.1 Å². The Hall–Kier alpha value is -4.03. The van der Waals surface area contributed by atoms with Crippen LogP contribution < -0.4 is 29.6 Å². The second kappa shape index (κ2) is 49.4. The molecule has 0 aliphatic rings. The Morgan fingerprint density at radius 1 is 0.346 bits per heavy atom. The molecule has 0 saturated heterocycles. The van der Waals surface area contributed by atoms with E-state index in [1.165, 1.54) is 190 Å². The third-order valence-corrected chi connectivity index (χ3v) is 15.8. The van der Waals surface area contributed by atoms with Crippen LogP contribution in [0.2, 0.25) is 0 Å². The van der Waals surface area contributed by atoms with Gasteiger partial charge in [-0.15, -0.1) is 0 Å². The van der Waals surface area contributed by atoms with E-state index < -0.39 is 11.3 Å². The number of unbranched alkanes of at least 4 members (excludes halogenated alkanes) is 21. The Balaban J connectivity index is 0.00000111. The maximum atomic E-state index is 12.5. The molecule has 435 valence electrons. The maximum Gasteiger partial charge on any atom is 1.00 e. The predicted molar refractivity (Wildman–Crippen MR) is 350 cm³/mol. The van der Waals surface area contributed by atoms with Crippen molar-refractivity contribution in [1.82, 2.24) is 0 Å². The van der Waals surface area contributed by atoms with Crippen LogP contribution in [0, 0.1) is 0 Å². The van der Waals surface area contributed by atoms with Gasteiger partial charge in [0.25, 0.3) is 5.24 Å². The average Bonchev–Trinajstić information content (AvgIpc) is 3.52. The molecule has 3 radical (unpaired) electrons. The Morgan fingerprint density at radius 2 is 0.580 bits per heavy atom. The Morgan fingerprint density at radius 3 is 0.901 bits per heavy atom. The zero-order chi connectivity index (χ0) is 57.0. The number of carbonyl (C=O) groups is 2. The summed E-state index contributed by atoms with van der Waals surface area (Å²) in [5.41, 5.74) is 8.23. The number of aliphatic hydroxyl groups is 1. The Bertz CT molecular complexity index is 2370. The summed E-state index contributed by atoms with van der Waals surface area (Å²) in [6, 6.07) is 55.8. The number of hydrogen-bond donors (Lipinski definition) is 1. The van der Waals surface area contributed by atoms with Crippen molar-refractivity contribution in [2.24, 2.45) is 0 Å². The topological polar surface area (TPSA) is 54.4 Å². The summed E-state index contributed by atoms with van der Waals surface area (Å²) in [6.07, 6.45) is 36.6. The van der Waals surface area contributed by atoms with Crippen molar-refractivity contribution in [2.45, 2.75) is 239 Å². The Labute approximate surface area is 526 Å². The molecule has 6 aromatic rings. The van der Waals surface area contributed by atoms with E-state index in [-0.39, 0.29) is 45.2 Å². The molecular weight excluding hydrogens is 1020 g/mol. The van der Waals surface area contributed by atoms with Crippen molar-refractivity contribution in [1.29, 1.82) is 0 Å². The van der Waals surface area contributed by atoms with Crippen molar-refractivity contribution in [3.8, 4) is 0 Å². The molecule has 0 amide bonds. The minimum atomic E-state index is -0.534. The smallest absolute Gasteiger partial charge is 1.00 e. The first-order valence-corrected chi connectivity index (χ1v) is 31.8. The number of halogens is 1. The van der Waals surface area contributed by atoms with Gasteiger partial charge in [0.2, 0.25) is 0 Å². The van der Waals surface area contributed by atoms with Crippen LogP contribution in [0.25, 0.3) is 0 Å².